The van der Waals surface area contributed by atoms with Crippen LogP contribution in [0.15, 0.2) is 12.1 Å². The number of rotatable bonds is 0. The molecule has 0 amide bonds. The second-order valence-corrected chi connectivity index (χ2v) is 1.93. The van der Waals surface area contributed by atoms with Crippen LogP contribution in [0.25, 0.3) is 0 Å². The normalized spacial score (nSPS) is 9.75. The molecule has 0 bridgehead atoms. The SMILES string of the molecule is Cc1ccc(C)n1O. The van der Waals surface area contributed by atoms with E-state index in [2.05, 4.69) is 0 Å². The molecule has 44 valence electrons. The van der Waals surface area contributed by atoms with Crippen molar-refractivity contribution in [3.05, 3.63) is 23.5 Å². The predicted octanol–water partition coefficient (Wildman–Crippen LogP) is 1.34. The van der Waals surface area contributed by atoms with Crippen LogP contribution >= 0.6 is 0 Å². The van der Waals surface area contributed by atoms with Gasteiger partial charge in [-0.1, -0.05) is 0 Å². The van der Waals surface area contributed by atoms with E-state index in [1.165, 1.54) is 4.73 Å². The molecule has 2 heteroatoms. The molecule has 0 radical (unpaired) electrons. The van der Waals surface area contributed by atoms with Gasteiger partial charge in [0.05, 0.1) is 11.4 Å². The van der Waals surface area contributed by atoms with Gasteiger partial charge in [0.2, 0.25) is 0 Å². The van der Waals surface area contributed by atoms with Gasteiger partial charge in [0.15, 0.2) is 0 Å². The zero-order valence-electron chi connectivity index (χ0n) is 5.05. The molecule has 0 fully saturated rings. The summed E-state index contributed by atoms with van der Waals surface area (Å²) in [4.78, 5) is 0. The summed E-state index contributed by atoms with van der Waals surface area (Å²) in [7, 11) is 0. The summed E-state index contributed by atoms with van der Waals surface area (Å²) in [6.45, 7) is 3.71. The van der Waals surface area contributed by atoms with E-state index >= 15 is 0 Å². The third-order valence-electron chi connectivity index (χ3n) is 1.23. The van der Waals surface area contributed by atoms with Crippen LogP contribution in [0.4, 0.5) is 0 Å². The molecule has 0 aliphatic carbocycles. The van der Waals surface area contributed by atoms with E-state index in [0.29, 0.717) is 0 Å². The van der Waals surface area contributed by atoms with Crippen molar-refractivity contribution in [2.24, 2.45) is 0 Å². The van der Waals surface area contributed by atoms with Crippen molar-refractivity contribution in [2.45, 2.75) is 13.8 Å². The van der Waals surface area contributed by atoms with Crippen molar-refractivity contribution in [1.82, 2.24) is 4.73 Å². The molecule has 1 aromatic rings. The average Bonchev–Trinajstić information content (AvgIpc) is 1.98. The van der Waals surface area contributed by atoms with Gasteiger partial charge in [-0.2, -0.15) is 4.73 Å². The number of hydrogen-bond donors (Lipinski definition) is 1. The fraction of sp³-hybridized carbons (Fsp3) is 0.333. The lowest BCUT2D eigenvalue weighted by molar-refractivity contribution is 0.175. The molecule has 0 spiro atoms. The first kappa shape index (κ1) is 5.22. The average molecular weight is 111 g/mol. The maximum absolute atomic E-state index is 8.96. The molecule has 0 unspecified atom stereocenters. The Morgan fingerprint density at radius 2 is 1.62 bits per heavy atom. The van der Waals surface area contributed by atoms with Gasteiger partial charge in [0.1, 0.15) is 0 Å². The highest BCUT2D eigenvalue weighted by molar-refractivity contribution is 5.10. The van der Waals surface area contributed by atoms with Gasteiger partial charge in [0.25, 0.3) is 0 Å². The third-order valence-corrected chi connectivity index (χ3v) is 1.23. The predicted molar refractivity (Wildman–Crippen MR) is 31.1 cm³/mol. The first-order valence-electron chi connectivity index (χ1n) is 2.56. The van der Waals surface area contributed by atoms with Crippen molar-refractivity contribution in [3.8, 4) is 0 Å². The second-order valence-electron chi connectivity index (χ2n) is 1.93. The van der Waals surface area contributed by atoms with Gasteiger partial charge in [-0.05, 0) is 26.0 Å². The molecule has 2 nitrogen and oxygen atoms in total. The quantitative estimate of drug-likeness (QED) is 0.502. The molecule has 1 heterocycles. The van der Waals surface area contributed by atoms with E-state index in [1.807, 2.05) is 26.0 Å². The topological polar surface area (TPSA) is 25.2 Å². The van der Waals surface area contributed by atoms with Crippen LogP contribution in [0.5, 0.6) is 0 Å². The summed E-state index contributed by atoms with van der Waals surface area (Å²) in [6, 6.07) is 3.74. The van der Waals surface area contributed by atoms with Gasteiger partial charge in [0, 0.05) is 0 Å². The monoisotopic (exact) mass is 111 g/mol. The molecule has 0 aliphatic rings. The van der Waals surface area contributed by atoms with Crippen molar-refractivity contribution in [2.75, 3.05) is 0 Å². The van der Waals surface area contributed by atoms with E-state index in [1.54, 1.807) is 0 Å². The van der Waals surface area contributed by atoms with Crippen LogP contribution in [0.2, 0.25) is 0 Å². The first-order valence-corrected chi connectivity index (χ1v) is 2.56. The van der Waals surface area contributed by atoms with Gasteiger partial charge in [-0.15, -0.1) is 0 Å². The lowest BCUT2D eigenvalue weighted by Gasteiger charge is -1.94. The molecule has 8 heavy (non-hydrogen) atoms. The zero-order valence-corrected chi connectivity index (χ0v) is 5.05. The zero-order chi connectivity index (χ0) is 6.15. The molecule has 0 aromatic carbocycles. The molecular formula is C6H9NO. The minimum atomic E-state index is 0.877. The fourth-order valence-electron chi connectivity index (χ4n) is 0.661. The van der Waals surface area contributed by atoms with E-state index < -0.39 is 0 Å². The Morgan fingerprint density at radius 1 is 1.25 bits per heavy atom. The highest BCUT2D eigenvalue weighted by Gasteiger charge is 1.93. The summed E-state index contributed by atoms with van der Waals surface area (Å²) >= 11 is 0. The van der Waals surface area contributed by atoms with E-state index in [9.17, 15) is 0 Å². The molecule has 0 aliphatic heterocycles. The van der Waals surface area contributed by atoms with Crippen LogP contribution < -0.4 is 0 Å². The number of hydrogen-bond acceptors (Lipinski definition) is 1. The summed E-state index contributed by atoms with van der Waals surface area (Å²) in [5.41, 5.74) is 1.75. The second kappa shape index (κ2) is 1.54. The minimum Gasteiger partial charge on any atom is -0.428 e. The Balaban J connectivity index is 3.19. The van der Waals surface area contributed by atoms with Crippen LogP contribution in [-0.2, 0) is 0 Å². The van der Waals surface area contributed by atoms with Crippen molar-refractivity contribution >= 4 is 0 Å². The molecule has 1 rings (SSSR count). The van der Waals surface area contributed by atoms with E-state index in [4.69, 9.17) is 5.21 Å². The first-order chi connectivity index (χ1) is 3.72. The van der Waals surface area contributed by atoms with Gasteiger partial charge < -0.3 is 5.21 Å². The van der Waals surface area contributed by atoms with Crippen LogP contribution in [0, 0.1) is 13.8 Å². The molecule has 0 saturated heterocycles. The summed E-state index contributed by atoms with van der Waals surface area (Å²) in [5, 5.41) is 8.96. The number of nitrogens with zero attached hydrogens (tertiary/aromatic N) is 1. The van der Waals surface area contributed by atoms with Gasteiger partial charge >= 0.3 is 0 Å². The molecule has 0 atom stereocenters. The highest BCUT2D eigenvalue weighted by Crippen LogP contribution is 2.01. The van der Waals surface area contributed by atoms with E-state index in [0.717, 1.165) is 11.4 Å². The molecule has 1 aromatic heterocycles. The van der Waals surface area contributed by atoms with Crippen LogP contribution in [0.3, 0.4) is 0 Å². The molecular weight excluding hydrogens is 102 g/mol. The smallest absolute Gasteiger partial charge is 0.0539 e. The van der Waals surface area contributed by atoms with Crippen molar-refractivity contribution < 1.29 is 5.21 Å². The van der Waals surface area contributed by atoms with E-state index in [-0.39, 0.29) is 0 Å². The Morgan fingerprint density at radius 3 is 1.75 bits per heavy atom. The molecule has 0 saturated carbocycles. The van der Waals surface area contributed by atoms with Crippen molar-refractivity contribution in [3.63, 3.8) is 0 Å². The summed E-state index contributed by atoms with van der Waals surface area (Å²) in [6.07, 6.45) is 0. The minimum absolute atomic E-state index is 0.877. The maximum atomic E-state index is 8.96. The Hall–Kier alpha value is -0.920. The summed E-state index contributed by atoms with van der Waals surface area (Å²) in [5.74, 6) is 0. The number of aryl methyl sites for hydroxylation is 2. The largest absolute Gasteiger partial charge is 0.428 e. The highest BCUT2D eigenvalue weighted by atomic mass is 16.5. The van der Waals surface area contributed by atoms with Gasteiger partial charge in [-0.25, -0.2) is 0 Å². The van der Waals surface area contributed by atoms with Gasteiger partial charge in [-0.3, -0.25) is 0 Å². The Bertz CT molecular complexity index is 171. The van der Waals surface area contributed by atoms with Crippen molar-refractivity contribution in [1.29, 1.82) is 0 Å². The Kier molecular flexibility index (Phi) is 1.01. The standard InChI is InChI=1S/C6H9NO/c1-5-3-4-6(2)7(5)8/h3-4,8H,1-2H3. The maximum Gasteiger partial charge on any atom is 0.0539 e. The number of aromatic nitrogens is 1. The third kappa shape index (κ3) is 0.579. The van der Waals surface area contributed by atoms with Crippen LogP contribution in [0.1, 0.15) is 11.4 Å². The van der Waals surface area contributed by atoms with Crippen LogP contribution in [-0.4, -0.2) is 9.94 Å². The molecule has 1 N–H and O–H groups in total. The lowest BCUT2D eigenvalue weighted by atomic mass is 10.5. The summed E-state index contributed by atoms with van der Waals surface area (Å²) < 4.78 is 1.17. The lowest BCUT2D eigenvalue weighted by Crippen LogP contribution is -1.93. The Labute approximate surface area is 48.3 Å². The fourth-order valence-corrected chi connectivity index (χ4v) is 0.661.